The molecule has 1 aromatic heterocycles. The van der Waals surface area contributed by atoms with Crippen LogP contribution in [0.1, 0.15) is 37.9 Å². The van der Waals surface area contributed by atoms with E-state index in [0.29, 0.717) is 0 Å². The van der Waals surface area contributed by atoms with Crippen LogP contribution in [0.2, 0.25) is 0 Å². The van der Waals surface area contributed by atoms with E-state index in [1.54, 1.807) is 6.07 Å². The lowest BCUT2D eigenvalue weighted by atomic mass is 10.1. The van der Waals surface area contributed by atoms with Crippen LogP contribution in [-0.2, 0) is 0 Å². The molecule has 0 bridgehead atoms. The molecule has 1 atom stereocenters. The number of hydrogen-bond donors (Lipinski definition) is 2. The van der Waals surface area contributed by atoms with E-state index in [9.17, 15) is 9.50 Å². The van der Waals surface area contributed by atoms with Crippen LogP contribution < -0.4 is 5.32 Å². The summed E-state index contributed by atoms with van der Waals surface area (Å²) in [6.45, 7) is 3.12. The molecule has 0 radical (unpaired) electrons. The molecule has 1 heterocycles. The molecule has 0 spiro atoms. The van der Waals surface area contributed by atoms with Gasteiger partial charge in [0.1, 0.15) is 5.82 Å². The normalized spacial score (nSPS) is 19.0. The molecule has 3 nitrogen and oxygen atoms in total. The van der Waals surface area contributed by atoms with Gasteiger partial charge in [-0.3, -0.25) is 4.98 Å². The third-order valence-electron chi connectivity index (χ3n) is 3.53. The highest BCUT2D eigenvalue weighted by Crippen LogP contribution is 2.44. The number of rotatable bonds is 6. The predicted octanol–water partition coefficient (Wildman–Crippen LogP) is 2.03. The number of aromatic nitrogens is 1. The second kappa shape index (κ2) is 5.10. The second-order valence-corrected chi connectivity index (χ2v) is 4.90. The monoisotopic (exact) mass is 238 g/mol. The van der Waals surface area contributed by atoms with Gasteiger partial charge in [-0.15, -0.1) is 0 Å². The van der Waals surface area contributed by atoms with E-state index in [1.807, 2.05) is 0 Å². The predicted molar refractivity (Wildman–Crippen MR) is 64.0 cm³/mol. The molecule has 1 saturated carbocycles. The summed E-state index contributed by atoms with van der Waals surface area (Å²) >= 11 is 0. The molecule has 0 amide bonds. The largest absolute Gasteiger partial charge is 0.396 e. The first-order valence-electron chi connectivity index (χ1n) is 6.15. The lowest BCUT2D eigenvalue weighted by molar-refractivity contribution is 0.203. The quantitative estimate of drug-likeness (QED) is 0.797. The highest BCUT2D eigenvalue weighted by molar-refractivity contribution is 5.10. The average molecular weight is 238 g/mol. The zero-order chi connectivity index (χ0) is 12.3. The molecule has 1 unspecified atom stereocenters. The maximum atomic E-state index is 12.8. The number of nitrogens with one attached hydrogen (secondary N) is 1. The fourth-order valence-corrected chi connectivity index (χ4v) is 1.96. The molecule has 94 valence electrons. The van der Waals surface area contributed by atoms with E-state index in [2.05, 4.69) is 17.2 Å². The fraction of sp³-hybridized carbons (Fsp3) is 0.615. The number of nitrogens with zero attached hydrogens (tertiary/aromatic N) is 1. The Balaban J connectivity index is 1.94. The van der Waals surface area contributed by atoms with Crippen LogP contribution in [0.3, 0.4) is 0 Å². The molecule has 0 aromatic carbocycles. The van der Waals surface area contributed by atoms with Crippen molar-refractivity contribution in [2.24, 2.45) is 5.41 Å². The topological polar surface area (TPSA) is 45.1 Å². The minimum absolute atomic E-state index is 0.0907. The van der Waals surface area contributed by atoms with Crippen LogP contribution in [0.15, 0.2) is 18.3 Å². The molecule has 0 aliphatic heterocycles. The Morgan fingerprint density at radius 2 is 2.29 bits per heavy atom. The van der Waals surface area contributed by atoms with Gasteiger partial charge in [0.2, 0.25) is 0 Å². The van der Waals surface area contributed by atoms with Crippen LogP contribution in [0, 0.1) is 11.2 Å². The van der Waals surface area contributed by atoms with Crippen molar-refractivity contribution in [2.45, 2.75) is 32.2 Å². The van der Waals surface area contributed by atoms with Crippen LogP contribution in [0.5, 0.6) is 0 Å². The van der Waals surface area contributed by atoms with Gasteiger partial charge in [0.25, 0.3) is 0 Å². The Morgan fingerprint density at radius 1 is 1.53 bits per heavy atom. The summed E-state index contributed by atoms with van der Waals surface area (Å²) in [5.41, 5.74) is 0.954. The molecule has 1 aromatic rings. The lowest BCUT2D eigenvalue weighted by Crippen LogP contribution is -2.30. The van der Waals surface area contributed by atoms with Crippen molar-refractivity contribution < 1.29 is 9.50 Å². The number of aliphatic hydroxyl groups is 1. The van der Waals surface area contributed by atoms with Crippen LogP contribution >= 0.6 is 0 Å². The van der Waals surface area contributed by atoms with Gasteiger partial charge < -0.3 is 10.4 Å². The van der Waals surface area contributed by atoms with Gasteiger partial charge in [-0.05, 0) is 31.4 Å². The molecule has 2 rings (SSSR count). The first-order chi connectivity index (χ1) is 8.19. The highest BCUT2D eigenvalue weighted by Gasteiger charge is 2.41. The van der Waals surface area contributed by atoms with E-state index < -0.39 is 0 Å². The molecular formula is C13H19FN2O. The van der Waals surface area contributed by atoms with Gasteiger partial charge in [-0.2, -0.15) is 0 Å². The number of halogens is 1. The molecule has 4 heteroatoms. The Bertz CT molecular complexity index is 362. The standard InChI is InChI=1S/C13H19FN2O/c1-2-11(12-4-3-10(14)7-15-12)16-8-13(9-17)5-6-13/h3-4,7,11,16-17H,2,5-6,8-9H2,1H3. The van der Waals surface area contributed by atoms with Gasteiger partial charge in [-0.1, -0.05) is 6.92 Å². The van der Waals surface area contributed by atoms with Crippen molar-refractivity contribution in [2.75, 3.05) is 13.2 Å². The maximum Gasteiger partial charge on any atom is 0.141 e. The summed E-state index contributed by atoms with van der Waals surface area (Å²) in [7, 11) is 0. The SMILES string of the molecule is CCC(NCC1(CO)CC1)c1ccc(F)cn1. The Labute approximate surface area is 101 Å². The third kappa shape index (κ3) is 3.01. The van der Waals surface area contributed by atoms with Gasteiger partial charge in [0.05, 0.1) is 11.9 Å². The minimum Gasteiger partial charge on any atom is -0.396 e. The molecule has 2 N–H and O–H groups in total. The van der Waals surface area contributed by atoms with Gasteiger partial charge in [0.15, 0.2) is 0 Å². The van der Waals surface area contributed by atoms with Crippen molar-refractivity contribution in [3.05, 3.63) is 29.8 Å². The van der Waals surface area contributed by atoms with Crippen molar-refractivity contribution in [1.82, 2.24) is 10.3 Å². The Kier molecular flexibility index (Phi) is 3.74. The van der Waals surface area contributed by atoms with Crippen LogP contribution in [-0.4, -0.2) is 23.2 Å². The highest BCUT2D eigenvalue weighted by atomic mass is 19.1. The molecule has 1 fully saturated rings. The van der Waals surface area contributed by atoms with Gasteiger partial charge in [0, 0.05) is 24.6 Å². The smallest absolute Gasteiger partial charge is 0.141 e. The first-order valence-corrected chi connectivity index (χ1v) is 6.15. The third-order valence-corrected chi connectivity index (χ3v) is 3.53. The Hall–Kier alpha value is -1.00. The summed E-state index contributed by atoms with van der Waals surface area (Å²) in [4.78, 5) is 4.10. The molecule has 17 heavy (non-hydrogen) atoms. The van der Waals surface area contributed by atoms with E-state index in [1.165, 1.54) is 12.3 Å². The molecule has 1 aliphatic rings. The molecule has 0 saturated heterocycles. The number of hydrogen-bond acceptors (Lipinski definition) is 3. The summed E-state index contributed by atoms with van der Waals surface area (Å²) < 4.78 is 12.8. The Morgan fingerprint density at radius 3 is 2.76 bits per heavy atom. The number of aliphatic hydroxyl groups excluding tert-OH is 1. The van der Waals surface area contributed by atoms with E-state index in [-0.39, 0.29) is 23.9 Å². The first kappa shape index (κ1) is 12.5. The average Bonchev–Trinajstić information content (AvgIpc) is 3.13. The molecular weight excluding hydrogens is 219 g/mol. The van der Waals surface area contributed by atoms with Gasteiger partial charge >= 0.3 is 0 Å². The van der Waals surface area contributed by atoms with Crippen LogP contribution in [0.25, 0.3) is 0 Å². The van der Waals surface area contributed by atoms with E-state index in [0.717, 1.165) is 31.5 Å². The van der Waals surface area contributed by atoms with Crippen molar-refractivity contribution in [3.8, 4) is 0 Å². The van der Waals surface area contributed by atoms with Gasteiger partial charge in [-0.25, -0.2) is 4.39 Å². The zero-order valence-electron chi connectivity index (χ0n) is 10.1. The fourth-order valence-electron chi connectivity index (χ4n) is 1.96. The van der Waals surface area contributed by atoms with Crippen molar-refractivity contribution in [1.29, 1.82) is 0 Å². The summed E-state index contributed by atoms with van der Waals surface area (Å²) in [5.74, 6) is -0.308. The maximum absolute atomic E-state index is 12.8. The van der Waals surface area contributed by atoms with Crippen LogP contribution in [0.4, 0.5) is 4.39 Å². The van der Waals surface area contributed by atoms with E-state index in [4.69, 9.17) is 0 Å². The minimum atomic E-state index is -0.308. The lowest BCUT2D eigenvalue weighted by Gasteiger charge is -2.20. The number of pyridine rings is 1. The summed E-state index contributed by atoms with van der Waals surface area (Å²) in [6.07, 6.45) is 4.33. The van der Waals surface area contributed by atoms with E-state index >= 15 is 0 Å². The second-order valence-electron chi connectivity index (χ2n) is 4.90. The van der Waals surface area contributed by atoms with Crippen molar-refractivity contribution >= 4 is 0 Å². The zero-order valence-corrected chi connectivity index (χ0v) is 10.1. The summed E-state index contributed by atoms with van der Waals surface area (Å²) in [6, 6.07) is 3.29. The molecule has 1 aliphatic carbocycles. The summed E-state index contributed by atoms with van der Waals surface area (Å²) in [5, 5.41) is 12.7. The van der Waals surface area contributed by atoms with Crippen molar-refractivity contribution in [3.63, 3.8) is 0 Å².